The molecular weight excluding hydrogens is 450 g/mol. The van der Waals surface area contributed by atoms with Gasteiger partial charge in [0.15, 0.2) is 0 Å². The molecule has 0 saturated carbocycles. The van der Waals surface area contributed by atoms with E-state index in [0.717, 1.165) is 22.5 Å². The smallest absolute Gasteiger partial charge is 0.349 e. The van der Waals surface area contributed by atoms with Gasteiger partial charge in [0.2, 0.25) is 5.91 Å². The summed E-state index contributed by atoms with van der Waals surface area (Å²) >= 11 is 1.12. The van der Waals surface area contributed by atoms with Crippen molar-refractivity contribution in [1.82, 2.24) is 9.55 Å². The third-order valence-corrected chi connectivity index (χ3v) is 6.76. The van der Waals surface area contributed by atoms with Crippen molar-refractivity contribution in [3.63, 3.8) is 0 Å². The van der Waals surface area contributed by atoms with Gasteiger partial charge < -0.3 is 10.1 Å². The molecule has 8 heteroatoms. The third-order valence-electron chi connectivity index (χ3n) is 5.58. The van der Waals surface area contributed by atoms with E-state index in [9.17, 15) is 14.4 Å². The topological polar surface area (TPSA) is 90.3 Å². The number of carbonyl (C=O) groups is 2. The fourth-order valence-corrected chi connectivity index (χ4v) is 4.83. The van der Waals surface area contributed by atoms with E-state index in [-0.39, 0.29) is 18.1 Å². The summed E-state index contributed by atoms with van der Waals surface area (Å²) in [5.41, 5.74) is 2.72. The van der Waals surface area contributed by atoms with Crippen molar-refractivity contribution in [2.24, 2.45) is 0 Å². The van der Waals surface area contributed by atoms with Crippen molar-refractivity contribution in [1.29, 1.82) is 0 Å². The Hall–Kier alpha value is -3.78. The van der Waals surface area contributed by atoms with Gasteiger partial charge >= 0.3 is 5.97 Å². The van der Waals surface area contributed by atoms with E-state index in [2.05, 4.69) is 10.3 Å². The van der Waals surface area contributed by atoms with E-state index in [0.29, 0.717) is 32.8 Å². The Morgan fingerprint density at radius 2 is 1.88 bits per heavy atom. The molecule has 34 heavy (non-hydrogen) atoms. The molecule has 4 rings (SSSR count). The second-order valence-electron chi connectivity index (χ2n) is 8.04. The average Bonchev–Trinajstić information content (AvgIpc) is 3.17. The Kier molecular flexibility index (Phi) is 6.88. The molecule has 1 N–H and O–H groups in total. The molecule has 0 aliphatic carbocycles. The number of hydrogen-bond acceptors (Lipinski definition) is 6. The number of anilines is 1. The number of hydrogen-bond donors (Lipinski definition) is 1. The van der Waals surface area contributed by atoms with Gasteiger partial charge in [-0.25, -0.2) is 9.78 Å². The van der Waals surface area contributed by atoms with Gasteiger partial charge in [-0.3, -0.25) is 14.2 Å². The van der Waals surface area contributed by atoms with Crippen LogP contribution in [0, 0.1) is 13.8 Å². The molecule has 2 aromatic carbocycles. The fraction of sp³-hybridized carbons (Fsp3) is 0.231. The number of thiophene rings is 1. The Labute approximate surface area is 201 Å². The van der Waals surface area contributed by atoms with Gasteiger partial charge in [0.05, 0.1) is 11.7 Å². The third kappa shape index (κ3) is 4.77. The summed E-state index contributed by atoms with van der Waals surface area (Å²) in [7, 11) is 0. The van der Waals surface area contributed by atoms with Gasteiger partial charge in [-0.05, 0) is 49.1 Å². The summed E-state index contributed by atoms with van der Waals surface area (Å²) in [6, 6.07) is 16.1. The Morgan fingerprint density at radius 1 is 1.12 bits per heavy atom. The molecule has 0 radical (unpaired) electrons. The highest BCUT2D eigenvalue weighted by Gasteiger charge is 2.25. The van der Waals surface area contributed by atoms with E-state index in [1.807, 2.05) is 62.4 Å². The normalized spacial score (nSPS) is 11.9. The molecule has 0 bridgehead atoms. The Morgan fingerprint density at radius 3 is 2.59 bits per heavy atom. The maximum absolute atomic E-state index is 13.4. The van der Waals surface area contributed by atoms with Crippen molar-refractivity contribution in [2.75, 3.05) is 5.32 Å². The number of carbonyl (C=O) groups excluding carboxylic acids is 2. The molecule has 174 valence electrons. The zero-order chi connectivity index (χ0) is 24.2. The van der Waals surface area contributed by atoms with Crippen molar-refractivity contribution < 1.29 is 14.3 Å². The zero-order valence-electron chi connectivity index (χ0n) is 19.2. The van der Waals surface area contributed by atoms with Crippen molar-refractivity contribution in [3.05, 3.63) is 92.8 Å². The number of benzene rings is 2. The van der Waals surface area contributed by atoms with Crippen LogP contribution in [0.15, 0.2) is 65.7 Å². The van der Waals surface area contributed by atoms with Crippen LogP contribution in [0.3, 0.4) is 0 Å². The lowest BCUT2D eigenvalue weighted by Crippen LogP contribution is -2.33. The largest absolute Gasteiger partial charge is 0.457 e. The summed E-state index contributed by atoms with van der Waals surface area (Å²) in [6.07, 6.45) is 1.78. The van der Waals surface area contributed by atoms with E-state index in [4.69, 9.17) is 4.74 Å². The van der Waals surface area contributed by atoms with E-state index in [1.165, 1.54) is 10.9 Å². The lowest BCUT2D eigenvalue weighted by Gasteiger charge is -2.18. The molecule has 0 fully saturated rings. The molecule has 7 nitrogen and oxygen atoms in total. The molecule has 4 aromatic rings. The second kappa shape index (κ2) is 10.0. The standard InChI is InChI=1S/C26H25N3O4S/c1-4-20(23(30)28-19-12-8-9-16(2)13-19)29-15-27-24-21(25(29)31)17(3)22(34-24)26(32)33-14-18-10-6-5-7-11-18/h5-13,15,20H,4,14H2,1-3H3,(H,28,30). The van der Waals surface area contributed by atoms with Gasteiger partial charge in [0.1, 0.15) is 22.4 Å². The van der Waals surface area contributed by atoms with Crippen LogP contribution >= 0.6 is 11.3 Å². The first-order valence-corrected chi connectivity index (χ1v) is 11.8. The Bertz CT molecular complexity index is 1410. The maximum Gasteiger partial charge on any atom is 0.349 e. The first-order valence-electron chi connectivity index (χ1n) is 11.0. The van der Waals surface area contributed by atoms with Crippen LogP contribution in [0.5, 0.6) is 0 Å². The molecule has 0 aliphatic heterocycles. The van der Waals surface area contributed by atoms with Crippen molar-refractivity contribution in [2.45, 2.75) is 39.8 Å². The van der Waals surface area contributed by atoms with Crippen LogP contribution in [0.1, 0.15) is 45.7 Å². The first-order chi connectivity index (χ1) is 16.4. The Balaban J connectivity index is 1.61. The SMILES string of the molecule is CCC(C(=O)Nc1cccc(C)c1)n1cnc2sc(C(=O)OCc3ccccc3)c(C)c2c1=O. The number of esters is 1. The first kappa shape index (κ1) is 23.4. The molecule has 1 amide bonds. The predicted molar refractivity (Wildman–Crippen MR) is 133 cm³/mol. The van der Waals surface area contributed by atoms with Crippen LogP contribution in [0.25, 0.3) is 10.2 Å². The van der Waals surface area contributed by atoms with Crippen molar-refractivity contribution in [3.8, 4) is 0 Å². The van der Waals surface area contributed by atoms with Gasteiger partial charge in [0.25, 0.3) is 5.56 Å². The number of nitrogens with one attached hydrogen (secondary N) is 1. The number of rotatable bonds is 7. The lowest BCUT2D eigenvalue weighted by atomic mass is 10.1. The highest BCUT2D eigenvalue weighted by Crippen LogP contribution is 2.28. The molecule has 0 aliphatic rings. The minimum absolute atomic E-state index is 0.141. The summed E-state index contributed by atoms with van der Waals surface area (Å²) in [5.74, 6) is -0.800. The summed E-state index contributed by atoms with van der Waals surface area (Å²) in [6.45, 7) is 5.63. The van der Waals surface area contributed by atoms with Gasteiger partial charge in [0, 0.05) is 5.69 Å². The highest BCUT2D eigenvalue weighted by molar-refractivity contribution is 7.20. The highest BCUT2D eigenvalue weighted by atomic mass is 32.1. The van der Waals surface area contributed by atoms with Gasteiger partial charge in [-0.2, -0.15) is 0 Å². The molecular formula is C26H25N3O4S. The quantitative estimate of drug-likeness (QED) is 0.379. The fourth-order valence-electron chi connectivity index (χ4n) is 3.80. The lowest BCUT2D eigenvalue weighted by molar-refractivity contribution is -0.119. The zero-order valence-corrected chi connectivity index (χ0v) is 20.0. The molecule has 1 unspecified atom stereocenters. The van der Waals surface area contributed by atoms with Gasteiger partial charge in [-0.15, -0.1) is 11.3 Å². The number of nitrogens with zero attached hydrogens (tertiary/aromatic N) is 2. The number of amides is 1. The minimum Gasteiger partial charge on any atom is -0.457 e. The molecule has 0 saturated heterocycles. The van der Waals surface area contributed by atoms with E-state index < -0.39 is 12.0 Å². The predicted octanol–water partition coefficient (Wildman–Crippen LogP) is 5.02. The number of aryl methyl sites for hydroxylation is 2. The molecule has 0 spiro atoms. The van der Waals surface area contributed by atoms with E-state index in [1.54, 1.807) is 13.0 Å². The van der Waals surface area contributed by atoms with E-state index >= 15 is 0 Å². The van der Waals surface area contributed by atoms with Gasteiger partial charge in [-0.1, -0.05) is 49.4 Å². The monoisotopic (exact) mass is 475 g/mol. The summed E-state index contributed by atoms with van der Waals surface area (Å²) in [4.78, 5) is 44.3. The van der Waals surface area contributed by atoms with Crippen LogP contribution in [0.4, 0.5) is 5.69 Å². The number of fused-ring (bicyclic) bond motifs is 1. The van der Waals surface area contributed by atoms with Crippen LogP contribution in [0.2, 0.25) is 0 Å². The van der Waals surface area contributed by atoms with Crippen LogP contribution in [-0.2, 0) is 16.1 Å². The molecule has 2 aromatic heterocycles. The second-order valence-corrected chi connectivity index (χ2v) is 9.04. The minimum atomic E-state index is -0.738. The van der Waals surface area contributed by atoms with Crippen LogP contribution in [-0.4, -0.2) is 21.4 Å². The van der Waals surface area contributed by atoms with Crippen molar-refractivity contribution >= 4 is 39.1 Å². The summed E-state index contributed by atoms with van der Waals surface area (Å²) < 4.78 is 6.79. The summed E-state index contributed by atoms with van der Waals surface area (Å²) in [5, 5.41) is 3.21. The average molecular weight is 476 g/mol. The van der Waals surface area contributed by atoms with Crippen LogP contribution < -0.4 is 10.9 Å². The number of ether oxygens (including phenoxy) is 1. The maximum atomic E-state index is 13.4. The number of aromatic nitrogens is 2. The molecule has 2 heterocycles. The molecule has 1 atom stereocenters.